The molecule has 25 heavy (non-hydrogen) atoms. The molecule has 0 amide bonds. The minimum absolute atomic E-state index is 0.0323. The minimum Gasteiger partial charge on any atom is -0.403 e. The van der Waals surface area contributed by atoms with E-state index in [1.807, 2.05) is 5.25 Å². The lowest BCUT2D eigenvalue weighted by atomic mass is 10.3. The van der Waals surface area contributed by atoms with Crippen molar-refractivity contribution in [1.29, 1.82) is 0 Å². The number of rotatable bonds is 8. The predicted molar refractivity (Wildman–Crippen MR) is 87.9 cm³/mol. The molecule has 0 aliphatic heterocycles. The number of nitrogens with zero attached hydrogens (tertiary/aromatic N) is 1. The van der Waals surface area contributed by atoms with Crippen molar-refractivity contribution >= 4 is 19.4 Å². The molecule has 2 aromatic carbocycles. The first-order chi connectivity index (χ1) is 11.9. The molecule has 1 N–H and O–H groups in total. The molecule has 10 heteroatoms. The number of nitrogens with one attached hydrogen (secondary N) is 1. The number of nitro benzene ring substituents is 1. The Morgan fingerprint density at radius 1 is 1.08 bits per heavy atom. The maximum Gasteiger partial charge on any atom is 0.546 e. The van der Waals surface area contributed by atoms with Gasteiger partial charge in [-0.15, -0.1) is 0 Å². The Bertz CT molecular complexity index is 780. The van der Waals surface area contributed by atoms with Gasteiger partial charge >= 0.3 is 13.7 Å². The Hall–Kier alpha value is -2.90. The lowest BCUT2D eigenvalue weighted by Crippen LogP contribution is -2.22. The smallest absolute Gasteiger partial charge is 0.403 e. The molecule has 0 heterocycles. The maximum atomic E-state index is 12.8. The molecule has 0 saturated carbocycles. The van der Waals surface area contributed by atoms with Crippen LogP contribution in [0.2, 0.25) is 0 Å². The number of carbonyl (C=O) groups is 1. The van der Waals surface area contributed by atoms with E-state index >= 15 is 0 Å². The fourth-order valence-corrected chi connectivity index (χ4v) is 2.75. The third-order valence-corrected chi connectivity index (χ3v) is 4.02. The molecular weight excluding hydrogens is 351 g/mol. The Morgan fingerprint density at radius 2 is 1.64 bits per heavy atom. The van der Waals surface area contributed by atoms with E-state index in [0.717, 1.165) is 0 Å². The summed E-state index contributed by atoms with van der Waals surface area (Å²) in [6.45, 7) is 1.56. The first-order valence-corrected chi connectivity index (χ1v) is 8.72. The number of carbonyl (C=O) groups excluding carboxylic acids is 1. The van der Waals surface area contributed by atoms with Crippen molar-refractivity contribution in [3.63, 3.8) is 0 Å². The zero-order valence-electron chi connectivity index (χ0n) is 13.2. The second-order valence-electron chi connectivity index (χ2n) is 4.66. The summed E-state index contributed by atoms with van der Waals surface area (Å²) in [6.07, 6.45) is 0.0515. The van der Waals surface area contributed by atoms with Crippen molar-refractivity contribution in [3.8, 4) is 11.5 Å². The number of benzene rings is 2. The lowest BCUT2D eigenvalue weighted by Gasteiger charge is -2.19. The molecular formula is C15H15N2O7P. The standard InChI is InChI=1S/C15H15N2O7P/c1-2-15(18)22-16-25(21,23-13-6-4-3-5-7-13)24-14-10-8-12(9-11-14)17(19)20/h3-11H,2H2,1H3,(H,16,21)/t25-/m0/s1. The van der Waals surface area contributed by atoms with Crippen LogP contribution < -0.4 is 14.3 Å². The van der Waals surface area contributed by atoms with Crippen molar-refractivity contribution in [3.05, 3.63) is 64.7 Å². The Morgan fingerprint density at radius 3 is 2.16 bits per heavy atom. The SMILES string of the molecule is CCC(=O)ON[P@](=O)(Oc1ccccc1)Oc1ccc([N+](=O)[O-])cc1. The van der Waals surface area contributed by atoms with Crippen molar-refractivity contribution < 1.29 is 28.2 Å². The average molecular weight is 366 g/mol. The summed E-state index contributed by atoms with van der Waals surface area (Å²) < 4.78 is 23.4. The van der Waals surface area contributed by atoms with Gasteiger partial charge in [0.2, 0.25) is 0 Å². The first kappa shape index (κ1) is 18.4. The normalized spacial score (nSPS) is 12.7. The molecule has 0 radical (unpaired) electrons. The summed E-state index contributed by atoms with van der Waals surface area (Å²) >= 11 is 0. The number of non-ortho nitro benzene ring substituents is 1. The summed E-state index contributed by atoms with van der Waals surface area (Å²) in [5.74, 6) is -0.415. The summed E-state index contributed by atoms with van der Waals surface area (Å²) in [6, 6.07) is 13.0. The summed E-state index contributed by atoms with van der Waals surface area (Å²) in [4.78, 5) is 26.0. The average Bonchev–Trinajstić information content (AvgIpc) is 2.61. The van der Waals surface area contributed by atoms with E-state index in [0.29, 0.717) is 0 Å². The minimum atomic E-state index is -4.13. The highest BCUT2D eigenvalue weighted by Gasteiger charge is 2.31. The Kier molecular flexibility index (Phi) is 6.10. The van der Waals surface area contributed by atoms with Crippen LogP contribution in [0.4, 0.5) is 5.69 Å². The van der Waals surface area contributed by atoms with Crippen molar-refractivity contribution in [2.75, 3.05) is 0 Å². The summed E-state index contributed by atoms with van der Waals surface area (Å²) in [5.41, 5.74) is -0.156. The molecule has 2 aromatic rings. The fraction of sp³-hybridized carbons (Fsp3) is 0.133. The van der Waals surface area contributed by atoms with Crippen molar-refractivity contribution in [2.45, 2.75) is 13.3 Å². The summed E-state index contributed by atoms with van der Waals surface area (Å²) in [5, 5.41) is 12.7. The number of hydrogen-bond donors (Lipinski definition) is 1. The number of hydrogen-bond acceptors (Lipinski definition) is 7. The van der Waals surface area contributed by atoms with E-state index in [2.05, 4.69) is 4.84 Å². The maximum absolute atomic E-state index is 12.8. The van der Waals surface area contributed by atoms with Crippen LogP contribution in [0.5, 0.6) is 11.5 Å². The van der Waals surface area contributed by atoms with Gasteiger partial charge in [0.1, 0.15) is 11.5 Å². The zero-order chi connectivity index (χ0) is 18.3. The molecule has 0 unspecified atom stereocenters. The highest BCUT2D eigenvalue weighted by Crippen LogP contribution is 2.44. The molecule has 0 fully saturated rings. The van der Waals surface area contributed by atoms with Gasteiger partial charge < -0.3 is 13.9 Å². The molecule has 0 saturated heterocycles. The third kappa shape index (κ3) is 5.59. The molecule has 0 aliphatic rings. The second-order valence-corrected chi connectivity index (χ2v) is 6.21. The molecule has 9 nitrogen and oxygen atoms in total. The summed E-state index contributed by atoms with van der Waals surface area (Å²) in [7, 11) is -4.13. The van der Waals surface area contributed by atoms with Crippen LogP contribution in [-0.2, 0) is 14.2 Å². The van der Waals surface area contributed by atoms with E-state index in [1.54, 1.807) is 25.1 Å². The quantitative estimate of drug-likeness (QED) is 0.428. The first-order valence-electron chi connectivity index (χ1n) is 7.17. The van der Waals surface area contributed by atoms with E-state index in [4.69, 9.17) is 9.05 Å². The van der Waals surface area contributed by atoms with Gasteiger partial charge in [0.05, 0.1) is 4.92 Å². The van der Waals surface area contributed by atoms with Crippen molar-refractivity contribution in [1.82, 2.24) is 5.25 Å². The van der Waals surface area contributed by atoms with Gasteiger partial charge in [-0.25, -0.2) is 4.57 Å². The molecule has 132 valence electrons. The van der Waals surface area contributed by atoms with Gasteiger partial charge in [0, 0.05) is 18.6 Å². The number of nitro groups is 1. The predicted octanol–water partition coefficient (Wildman–Crippen LogP) is 3.62. The molecule has 0 spiro atoms. The van der Waals surface area contributed by atoms with Gasteiger partial charge in [-0.1, -0.05) is 25.1 Å². The van der Waals surface area contributed by atoms with Crippen LogP contribution in [0.1, 0.15) is 13.3 Å². The molecule has 0 aliphatic carbocycles. The Balaban J connectivity index is 2.19. The lowest BCUT2D eigenvalue weighted by molar-refractivity contribution is -0.384. The largest absolute Gasteiger partial charge is 0.546 e. The molecule has 0 aromatic heterocycles. The van der Waals surface area contributed by atoms with Crippen LogP contribution in [-0.4, -0.2) is 10.9 Å². The van der Waals surface area contributed by atoms with E-state index in [1.165, 1.54) is 36.4 Å². The number of para-hydroxylation sites is 1. The van der Waals surface area contributed by atoms with E-state index in [-0.39, 0.29) is 23.6 Å². The van der Waals surface area contributed by atoms with Crippen LogP contribution in [0.25, 0.3) is 0 Å². The van der Waals surface area contributed by atoms with Gasteiger partial charge in [-0.2, -0.15) is 0 Å². The molecule has 2 rings (SSSR count). The van der Waals surface area contributed by atoms with E-state index in [9.17, 15) is 19.5 Å². The fourth-order valence-electron chi connectivity index (χ4n) is 1.62. The van der Waals surface area contributed by atoms with Crippen molar-refractivity contribution in [2.24, 2.45) is 0 Å². The highest BCUT2D eigenvalue weighted by molar-refractivity contribution is 7.52. The van der Waals surface area contributed by atoms with Crippen LogP contribution in [0.15, 0.2) is 54.6 Å². The van der Waals surface area contributed by atoms with Gasteiger partial charge in [0.25, 0.3) is 5.69 Å². The third-order valence-electron chi connectivity index (χ3n) is 2.80. The zero-order valence-corrected chi connectivity index (χ0v) is 14.0. The van der Waals surface area contributed by atoms with E-state index < -0.39 is 18.6 Å². The highest BCUT2D eigenvalue weighted by atomic mass is 31.2. The van der Waals surface area contributed by atoms with Crippen LogP contribution in [0.3, 0.4) is 0 Å². The van der Waals surface area contributed by atoms with Gasteiger partial charge in [0.15, 0.2) is 0 Å². The van der Waals surface area contributed by atoms with Gasteiger partial charge in [-0.3, -0.25) is 14.9 Å². The monoisotopic (exact) mass is 366 g/mol. The Labute approximate surface area is 143 Å². The molecule has 1 atom stereocenters. The van der Waals surface area contributed by atoms with Crippen LogP contribution >= 0.6 is 7.75 Å². The topological polar surface area (TPSA) is 117 Å². The van der Waals surface area contributed by atoms with Gasteiger partial charge in [-0.05, 0) is 29.5 Å². The van der Waals surface area contributed by atoms with Crippen LogP contribution in [0, 0.1) is 10.1 Å². The second kappa shape index (κ2) is 8.27. The molecule has 0 bridgehead atoms.